The number of rotatable bonds is 2. The summed E-state index contributed by atoms with van der Waals surface area (Å²) in [6.45, 7) is 6.93. The monoisotopic (exact) mass is 262 g/mol. The Labute approximate surface area is 114 Å². The molecule has 0 aliphatic heterocycles. The lowest BCUT2D eigenvalue weighted by atomic mass is 10.1. The molecule has 0 unspecified atom stereocenters. The number of halogens is 1. The van der Waals surface area contributed by atoms with Gasteiger partial charge in [0, 0.05) is 11.9 Å². The van der Waals surface area contributed by atoms with Gasteiger partial charge >= 0.3 is 0 Å². The fourth-order valence-electron chi connectivity index (χ4n) is 2.89. The summed E-state index contributed by atoms with van der Waals surface area (Å²) in [4.78, 5) is 0. The minimum Gasteiger partial charge on any atom is -0.264 e. The second-order valence-electron chi connectivity index (χ2n) is 5.08. The number of benzene rings is 1. The minimum absolute atomic E-state index is 0.180. The lowest BCUT2D eigenvalue weighted by molar-refractivity contribution is 0.436. The van der Waals surface area contributed by atoms with Crippen LogP contribution in [0.3, 0.4) is 0 Å². The molecule has 1 aliphatic carbocycles. The third kappa shape index (κ3) is 2.96. The molecule has 0 atom stereocenters. The molecule has 104 valence electrons. The van der Waals surface area contributed by atoms with E-state index in [1.54, 1.807) is 6.07 Å². The zero-order chi connectivity index (χ0) is 13.8. The number of hydrogen-bond acceptors (Lipinski definition) is 1. The Hall–Kier alpha value is -1.38. The van der Waals surface area contributed by atoms with E-state index in [9.17, 15) is 4.39 Å². The van der Waals surface area contributed by atoms with Gasteiger partial charge in [-0.05, 0) is 43.9 Å². The van der Waals surface area contributed by atoms with Crippen LogP contribution in [0.1, 0.15) is 45.2 Å². The normalized spacial score (nSPS) is 15.6. The highest BCUT2D eigenvalue weighted by Crippen LogP contribution is 2.28. The molecule has 0 amide bonds. The molecular formula is C16H23FN2. The average Bonchev–Trinajstić information content (AvgIpc) is 3.02. The Balaban J connectivity index is 0.000000637. The maximum atomic E-state index is 13.2. The first-order chi connectivity index (χ1) is 9.24. The van der Waals surface area contributed by atoms with Crippen LogP contribution in [0.2, 0.25) is 0 Å². The summed E-state index contributed by atoms with van der Waals surface area (Å²) in [5, 5.41) is 5.49. The number of fused-ring (bicyclic) bond motifs is 1. The largest absolute Gasteiger partial charge is 0.264 e. The molecule has 1 heterocycles. The topological polar surface area (TPSA) is 17.8 Å². The zero-order valence-electron chi connectivity index (χ0n) is 12.1. The molecule has 0 bridgehead atoms. The first-order valence-electron chi connectivity index (χ1n) is 7.37. The molecule has 3 heteroatoms. The van der Waals surface area contributed by atoms with Gasteiger partial charge in [0.05, 0.1) is 11.2 Å². The van der Waals surface area contributed by atoms with E-state index in [2.05, 4.69) is 9.78 Å². The molecule has 2 aromatic rings. The van der Waals surface area contributed by atoms with Crippen LogP contribution in [0.25, 0.3) is 10.9 Å². The molecule has 1 aromatic carbocycles. The van der Waals surface area contributed by atoms with Gasteiger partial charge < -0.3 is 0 Å². The summed E-state index contributed by atoms with van der Waals surface area (Å²) >= 11 is 0. The van der Waals surface area contributed by atoms with Crippen molar-refractivity contribution in [1.29, 1.82) is 0 Å². The molecule has 1 aliphatic rings. The van der Waals surface area contributed by atoms with Crippen molar-refractivity contribution in [3.8, 4) is 0 Å². The highest BCUT2D eigenvalue weighted by molar-refractivity contribution is 5.81. The summed E-state index contributed by atoms with van der Waals surface area (Å²) in [6.07, 6.45) is 5.30. The number of aromatic nitrogens is 2. The van der Waals surface area contributed by atoms with Gasteiger partial charge in [0.1, 0.15) is 5.82 Å². The van der Waals surface area contributed by atoms with E-state index < -0.39 is 0 Å². The highest BCUT2D eigenvalue weighted by atomic mass is 19.1. The van der Waals surface area contributed by atoms with Gasteiger partial charge in [0.15, 0.2) is 0 Å². The third-order valence-electron chi connectivity index (χ3n) is 3.80. The van der Waals surface area contributed by atoms with E-state index in [1.807, 2.05) is 26.8 Å². The van der Waals surface area contributed by atoms with Gasteiger partial charge in [-0.1, -0.05) is 26.7 Å². The van der Waals surface area contributed by atoms with Crippen LogP contribution in [0, 0.1) is 18.7 Å². The van der Waals surface area contributed by atoms with Crippen LogP contribution in [0.4, 0.5) is 4.39 Å². The summed E-state index contributed by atoms with van der Waals surface area (Å²) in [5.41, 5.74) is 1.99. The summed E-state index contributed by atoms with van der Waals surface area (Å²) in [6, 6.07) is 4.96. The van der Waals surface area contributed by atoms with E-state index in [0.29, 0.717) is 0 Å². The van der Waals surface area contributed by atoms with Crippen molar-refractivity contribution < 1.29 is 4.39 Å². The molecule has 1 aromatic heterocycles. The number of nitrogens with zero attached hydrogens (tertiary/aromatic N) is 2. The predicted octanol–water partition coefficient (Wildman–Crippen LogP) is 4.70. The molecule has 19 heavy (non-hydrogen) atoms. The van der Waals surface area contributed by atoms with Crippen LogP contribution in [0.15, 0.2) is 18.2 Å². The Morgan fingerprint density at radius 2 is 1.95 bits per heavy atom. The van der Waals surface area contributed by atoms with E-state index in [-0.39, 0.29) is 5.82 Å². The highest BCUT2D eigenvalue weighted by Gasteiger charge is 2.17. The smallest absolute Gasteiger partial charge is 0.124 e. The summed E-state index contributed by atoms with van der Waals surface area (Å²) in [5.74, 6) is 0.573. The van der Waals surface area contributed by atoms with Crippen molar-refractivity contribution in [3.63, 3.8) is 0 Å². The molecule has 0 N–H and O–H groups in total. The number of hydrogen-bond donors (Lipinski definition) is 0. The molecule has 0 radical (unpaired) electrons. The van der Waals surface area contributed by atoms with Gasteiger partial charge in [-0.15, -0.1) is 0 Å². The summed E-state index contributed by atoms with van der Waals surface area (Å²) < 4.78 is 15.2. The van der Waals surface area contributed by atoms with Gasteiger partial charge in [0.25, 0.3) is 0 Å². The Morgan fingerprint density at radius 1 is 1.26 bits per heavy atom. The zero-order valence-corrected chi connectivity index (χ0v) is 12.1. The second kappa shape index (κ2) is 6.18. The Bertz CT molecular complexity index is 539. The maximum Gasteiger partial charge on any atom is 0.124 e. The van der Waals surface area contributed by atoms with Gasteiger partial charge in [-0.3, -0.25) is 4.68 Å². The van der Waals surface area contributed by atoms with Crippen LogP contribution in [0.5, 0.6) is 0 Å². The minimum atomic E-state index is -0.180. The van der Waals surface area contributed by atoms with Gasteiger partial charge in [-0.25, -0.2) is 4.39 Å². The second-order valence-corrected chi connectivity index (χ2v) is 5.08. The molecule has 1 fully saturated rings. The lowest BCUT2D eigenvalue weighted by Crippen LogP contribution is -2.08. The Kier molecular flexibility index (Phi) is 4.56. The lowest BCUT2D eigenvalue weighted by Gasteiger charge is -2.09. The fraction of sp³-hybridized carbons (Fsp3) is 0.562. The first kappa shape index (κ1) is 14.0. The molecule has 0 saturated heterocycles. The van der Waals surface area contributed by atoms with E-state index in [0.717, 1.165) is 29.1 Å². The maximum absolute atomic E-state index is 13.2. The standard InChI is InChI=1S/C14H17FN2.C2H6/c1-10-13-8-12(15)6-7-14(13)17(16-10)9-11-4-2-3-5-11;1-2/h6-8,11H,2-5,9H2,1H3;1-2H3. The van der Waals surface area contributed by atoms with Gasteiger partial charge in [0.2, 0.25) is 0 Å². The Morgan fingerprint density at radius 3 is 2.63 bits per heavy atom. The van der Waals surface area contributed by atoms with Crippen LogP contribution in [-0.2, 0) is 6.54 Å². The van der Waals surface area contributed by atoms with Crippen molar-refractivity contribution in [2.75, 3.05) is 0 Å². The van der Waals surface area contributed by atoms with Crippen LogP contribution in [-0.4, -0.2) is 9.78 Å². The molecule has 3 rings (SSSR count). The predicted molar refractivity (Wildman–Crippen MR) is 77.7 cm³/mol. The first-order valence-corrected chi connectivity index (χ1v) is 7.37. The molecule has 1 saturated carbocycles. The van der Waals surface area contributed by atoms with Crippen molar-refractivity contribution in [2.45, 2.75) is 53.0 Å². The third-order valence-corrected chi connectivity index (χ3v) is 3.80. The van der Waals surface area contributed by atoms with Crippen LogP contribution >= 0.6 is 0 Å². The quantitative estimate of drug-likeness (QED) is 0.767. The van der Waals surface area contributed by atoms with E-state index in [4.69, 9.17) is 0 Å². The van der Waals surface area contributed by atoms with Crippen molar-refractivity contribution in [1.82, 2.24) is 9.78 Å². The van der Waals surface area contributed by atoms with Crippen LogP contribution < -0.4 is 0 Å². The molecule has 0 spiro atoms. The average molecular weight is 262 g/mol. The van der Waals surface area contributed by atoms with Gasteiger partial charge in [-0.2, -0.15) is 5.10 Å². The number of aryl methyl sites for hydroxylation is 1. The van der Waals surface area contributed by atoms with Crippen molar-refractivity contribution >= 4 is 10.9 Å². The SMILES string of the molecule is CC.Cc1nn(CC2CCCC2)c2ccc(F)cc12. The fourth-order valence-corrected chi connectivity index (χ4v) is 2.89. The molecule has 2 nitrogen and oxygen atoms in total. The van der Waals surface area contributed by atoms with Crippen molar-refractivity contribution in [3.05, 3.63) is 29.7 Å². The summed E-state index contributed by atoms with van der Waals surface area (Å²) in [7, 11) is 0. The van der Waals surface area contributed by atoms with E-state index >= 15 is 0 Å². The van der Waals surface area contributed by atoms with Crippen molar-refractivity contribution in [2.24, 2.45) is 5.92 Å². The van der Waals surface area contributed by atoms with E-state index in [1.165, 1.54) is 31.7 Å². The molecular weight excluding hydrogens is 239 g/mol.